The summed E-state index contributed by atoms with van der Waals surface area (Å²) in [6, 6.07) is 71.7. The molecule has 0 N–H and O–H groups in total. The Bertz CT molecular complexity index is 2890. The third kappa shape index (κ3) is 5.28. The Labute approximate surface area is 302 Å². The molecule has 0 aliphatic heterocycles. The number of aromatic nitrogens is 2. The lowest BCUT2D eigenvalue weighted by Gasteiger charge is -2.26. The number of hydrogen-bond acceptors (Lipinski definition) is 2. The Kier molecular flexibility index (Phi) is 7.14. The number of nitrogens with zero attached hydrogens (tertiary/aromatic N) is 3. The summed E-state index contributed by atoms with van der Waals surface area (Å²) >= 11 is 0. The van der Waals surface area contributed by atoms with Gasteiger partial charge in [0.2, 0.25) is 0 Å². The third-order valence-electron chi connectivity index (χ3n) is 10.1. The molecule has 0 amide bonds. The van der Waals surface area contributed by atoms with E-state index in [0.29, 0.717) is 0 Å². The molecule has 0 fully saturated rings. The highest BCUT2D eigenvalue weighted by Crippen LogP contribution is 2.39. The molecule has 1 aromatic heterocycles. The molecule has 0 aliphatic rings. The number of hydrogen-bond donors (Lipinski definition) is 0. The maximum Gasteiger partial charge on any atom is 0.145 e. The van der Waals surface area contributed by atoms with E-state index in [2.05, 4.69) is 210 Å². The van der Waals surface area contributed by atoms with E-state index in [4.69, 9.17) is 4.98 Å². The lowest BCUT2D eigenvalue weighted by atomic mass is 9.98. The summed E-state index contributed by atoms with van der Waals surface area (Å²) in [6.07, 6.45) is 0. The number of rotatable bonds is 6. The van der Waals surface area contributed by atoms with Crippen molar-refractivity contribution in [2.75, 3.05) is 4.90 Å². The molecular weight excluding hydrogens is 631 g/mol. The second-order valence-corrected chi connectivity index (χ2v) is 13.3. The zero-order valence-corrected chi connectivity index (χ0v) is 28.4. The molecule has 0 saturated heterocycles. The van der Waals surface area contributed by atoms with Gasteiger partial charge in [-0.05, 0) is 128 Å². The molecule has 3 nitrogen and oxygen atoms in total. The van der Waals surface area contributed by atoms with Crippen LogP contribution in [-0.4, -0.2) is 9.55 Å². The van der Waals surface area contributed by atoms with Gasteiger partial charge >= 0.3 is 0 Å². The SMILES string of the molecule is c1ccc(N(c2ccc(-c3nc4cc5ccccc5cc4n3-c3ccccc3)cc2)c2ccc3cc(-c4ccc5ccccc5c4)ccc3c2)cc1. The summed E-state index contributed by atoms with van der Waals surface area (Å²) in [4.78, 5) is 7.55. The Morgan fingerprint density at radius 1 is 0.346 bits per heavy atom. The molecule has 0 aliphatic carbocycles. The number of para-hydroxylation sites is 2. The number of fused-ring (bicyclic) bond motifs is 4. The van der Waals surface area contributed by atoms with Crippen molar-refractivity contribution in [3.05, 3.63) is 200 Å². The van der Waals surface area contributed by atoms with Crippen molar-refractivity contribution in [2.45, 2.75) is 0 Å². The van der Waals surface area contributed by atoms with Crippen molar-refractivity contribution < 1.29 is 0 Å². The fraction of sp³-hybridized carbons (Fsp3) is 0. The Morgan fingerprint density at radius 2 is 0.827 bits per heavy atom. The van der Waals surface area contributed by atoms with Crippen LogP contribution in [0.1, 0.15) is 0 Å². The van der Waals surface area contributed by atoms with Crippen LogP contribution in [-0.2, 0) is 0 Å². The Hall–Kier alpha value is -6.97. The van der Waals surface area contributed by atoms with E-state index in [1.165, 1.54) is 43.4 Å². The zero-order valence-electron chi connectivity index (χ0n) is 28.4. The van der Waals surface area contributed by atoms with Crippen LogP contribution in [0.25, 0.3) is 71.6 Å². The van der Waals surface area contributed by atoms with Crippen LogP contribution in [0.5, 0.6) is 0 Å². The second kappa shape index (κ2) is 12.4. The fourth-order valence-electron chi connectivity index (χ4n) is 7.50. The van der Waals surface area contributed by atoms with Crippen LogP contribution in [0.2, 0.25) is 0 Å². The maximum atomic E-state index is 5.23. The second-order valence-electron chi connectivity index (χ2n) is 13.3. The van der Waals surface area contributed by atoms with Gasteiger partial charge in [-0.3, -0.25) is 4.57 Å². The van der Waals surface area contributed by atoms with Crippen molar-refractivity contribution in [3.8, 4) is 28.2 Å². The van der Waals surface area contributed by atoms with E-state index >= 15 is 0 Å². The molecule has 3 heteroatoms. The van der Waals surface area contributed by atoms with Gasteiger partial charge in [0, 0.05) is 28.3 Å². The molecule has 0 atom stereocenters. The Balaban J connectivity index is 1.05. The van der Waals surface area contributed by atoms with E-state index in [0.717, 1.165) is 45.2 Å². The lowest BCUT2D eigenvalue weighted by Crippen LogP contribution is -2.09. The molecule has 1 heterocycles. The molecule has 0 radical (unpaired) electrons. The fourth-order valence-corrected chi connectivity index (χ4v) is 7.50. The molecule has 9 aromatic carbocycles. The molecular formula is C49H33N3. The standard InChI is InChI=1S/C49H33N3/c1-3-15-43(16-4-1)51(46-28-25-41-30-40(21-22-42(41)31-46)39-20-19-34-11-7-8-12-36(34)29-39)45-26-23-35(24-27-45)49-50-47-32-37-13-9-10-14-38(37)33-48(47)52(49)44-17-5-2-6-18-44/h1-33H. The summed E-state index contributed by atoms with van der Waals surface area (Å²) in [7, 11) is 0. The van der Waals surface area contributed by atoms with E-state index in [-0.39, 0.29) is 0 Å². The van der Waals surface area contributed by atoms with Gasteiger partial charge < -0.3 is 4.90 Å². The van der Waals surface area contributed by atoms with Gasteiger partial charge in [0.25, 0.3) is 0 Å². The average molecular weight is 664 g/mol. The van der Waals surface area contributed by atoms with E-state index < -0.39 is 0 Å². The average Bonchev–Trinajstić information content (AvgIpc) is 3.59. The van der Waals surface area contributed by atoms with Crippen LogP contribution in [0.3, 0.4) is 0 Å². The first-order valence-corrected chi connectivity index (χ1v) is 17.7. The first-order valence-electron chi connectivity index (χ1n) is 17.7. The molecule has 0 spiro atoms. The Morgan fingerprint density at radius 3 is 1.54 bits per heavy atom. The van der Waals surface area contributed by atoms with Crippen molar-refractivity contribution in [2.24, 2.45) is 0 Å². The quantitative estimate of drug-likeness (QED) is 0.177. The summed E-state index contributed by atoms with van der Waals surface area (Å²) in [5.74, 6) is 0.919. The van der Waals surface area contributed by atoms with Crippen LogP contribution >= 0.6 is 0 Å². The van der Waals surface area contributed by atoms with Crippen molar-refractivity contribution in [1.29, 1.82) is 0 Å². The highest BCUT2D eigenvalue weighted by Gasteiger charge is 2.18. The summed E-state index contributed by atoms with van der Waals surface area (Å²) < 4.78 is 2.28. The van der Waals surface area contributed by atoms with Crippen LogP contribution < -0.4 is 4.90 Å². The molecule has 10 aromatic rings. The first-order chi connectivity index (χ1) is 25.7. The summed E-state index contributed by atoms with van der Waals surface area (Å²) in [6.45, 7) is 0. The smallest absolute Gasteiger partial charge is 0.145 e. The first kappa shape index (κ1) is 29.9. The van der Waals surface area contributed by atoms with E-state index in [1.807, 2.05) is 0 Å². The molecule has 0 bridgehead atoms. The maximum absolute atomic E-state index is 5.23. The normalized spacial score (nSPS) is 11.5. The molecule has 0 unspecified atom stereocenters. The lowest BCUT2D eigenvalue weighted by molar-refractivity contribution is 1.10. The summed E-state index contributed by atoms with van der Waals surface area (Å²) in [5.41, 5.74) is 9.95. The summed E-state index contributed by atoms with van der Waals surface area (Å²) in [5, 5.41) is 7.31. The topological polar surface area (TPSA) is 21.1 Å². The molecule has 10 rings (SSSR count). The minimum absolute atomic E-state index is 0.919. The van der Waals surface area contributed by atoms with Crippen LogP contribution in [0.4, 0.5) is 17.1 Å². The van der Waals surface area contributed by atoms with Gasteiger partial charge in [-0.2, -0.15) is 0 Å². The van der Waals surface area contributed by atoms with Crippen LogP contribution in [0.15, 0.2) is 200 Å². The zero-order chi connectivity index (χ0) is 34.4. The van der Waals surface area contributed by atoms with Crippen LogP contribution in [0, 0.1) is 0 Å². The minimum Gasteiger partial charge on any atom is -0.310 e. The monoisotopic (exact) mass is 663 g/mol. The minimum atomic E-state index is 0.919. The van der Waals surface area contributed by atoms with Gasteiger partial charge in [0.1, 0.15) is 5.82 Å². The molecule has 0 saturated carbocycles. The molecule has 52 heavy (non-hydrogen) atoms. The largest absolute Gasteiger partial charge is 0.310 e. The van der Waals surface area contributed by atoms with Gasteiger partial charge in [-0.1, -0.05) is 115 Å². The van der Waals surface area contributed by atoms with Gasteiger partial charge in [-0.15, -0.1) is 0 Å². The molecule has 244 valence electrons. The van der Waals surface area contributed by atoms with Crippen molar-refractivity contribution in [1.82, 2.24) is 9.55 Å². The highest BCUT2D eigenvalue weighted by molar-refractivity contribution is 5.98. The highest BCUT2D eigenvalue weighted by atomic mass is 15.1. The number of imidazole rings is 1. The third-order valence-corrected chi connectivity index (χ3v) is 10.1. The van der Waals surface area contributed by atoms with Gasteiger partial charge in [-0.25, -0.2) is 4.98 Å². The van der Waals surface area contributed by atoms with Crippen molar-refractivity contribution >= 4 is 60.4 Å². The predicted octanol–water partition coefficient (Wildman–Crippen LogP) is 13.3. The number of anilines is 3. The van der Waals surface area contributed by atoms with Gasteiger partial charge in [0.05, 0.1) is 11.0 Å². The number of benzene rings is 9. The van der Waals surface area contributed by atoms with Crippen molar-refractivity contribution in [3.63, 3.8) is 0 Å². The van der Waals surface area contributed by atoms with E-state index in [9.17, 15) is 0 Å². The van der Waals surface area contributed by atoms with Gasteiger partial charge in [0.15, 0.2) is 0 Å². The van der Waals surface area contributed by atoms with E-state index in [1.54, 1.807) is 0 Å². The predicted molar refractivity (Wildman–Crippen MR) is 219 cm³/mol.